The van der Waals surface area contributed by atoms with Gasteiger partial charge in [-0.25, -0.2) is 4.79 Å². The first-order valence-electron chi connectivity index (χ1n) is 7.08. The van der Waals surface area contributed by atoms with Crippen LogP contribution in [0.15, 0.2) is 30.3 Å². The van der Waals surface area contributed by atoms with E-state index in [0.29, 0.717) is 13.0 Å². The van der Waals surface area contributed by atoms with Crippen molar-refractivity contribution in [1.82, 2.24) is 10.6 Å². The molecule has 2 atom stereocenters. The first-order valence-corrected chi connectivity index (χ1v) is 7.08. The number of amides is 2. The fraction of sp³-hybridized carbons (Fsp3) is 0.562. The zero-order chi connectivity index (χ0) is 15.2. The third kappa shape index (κ3) is 5.61. The molecule has 0 aliphatic rings. The zero-order valence-corrected chi connectivity index (χ0v) is 12.8. The van der Waals surface area contributed by atoms with Gasteiger partial charge >= 0.3 is 6.03 Å². The van der Waals surface area contributed by atoms with E-state index in [9.17, 15) is 9.90 Å². The van der Waals surface area contributed by atoms with Crippen LogP contribution in [0.2, 0.25) is 0 Å². The monoisotopic (exact) mass is 278 g/mol. The summed E-state index contributed by atoms with van der Waals surface area (Å²) in [6.07, 6.45) is 0.154. The van der Waals surface area contributed by atoms with Gasteiger partial charge in [-0.3, -0.25) is 0 Å². The van der Waals surface area contributed by atoms with Crippen molar-refractivity contribution in [3.05, 3.63) is 35.9 Å². The van der Waals surface area contributed by atoms with Crippen molar-refractivity contribution in [3.63, 3.8) is 0 Å². The van der Waals surface area contributed by atoms with Gasteiger partial charge in [0.15, 0.2) is 0 Å². The number of carbonyl (C=O) groups is 1. The number of urea groups is 1. The van der Waals surface area contributed by atoms with Crippen LogP contribution in [0.5, 0.6) is 0 Å². The van der Waals surface area contributed by atoms with Gasteiger partial charge in [-0.2, -0.15) is 0 Å². The molecule has 2 amide bonds. The Bertz CT molecular complexity index is 410. The van der Waals surface area contributed by atoms with E-state index in [1.807, 2.05) is 30.3 Å². The third-order valence-electron chi connectivity index (χ3n) is 3.12. The fourth-order valence-corrected chi connectivity index (χ4v) is 2.02. The summed E-state index contributed by atoms with van der Waals surface area (Å²) in [7, 11) is 0. The summed E-state index contributed by atoms with van der Waals surface area (Å²) >= 11 is 0. The highest BCUT2D eigenvalue weighted by Gasteiger charge is 2.27. The molecule has 0 spiro atoms. The maximum Gasteiger partial charge on any atom is 0.315 e. The Morgan fingerprint density at radius 3 is 2.35 bits per heavy atom. The van der Waals surface area contributed by atoms with Crippen molar-refractivity contribution < 1.29 is 9.90 Å². The van der Waals surface area contributed by atoms with Crippen LogP contribution in [0.25, 0.3) is 0 Å². The molecule has 0 radical (unpaired) electrons. The number of carbonyl (C=O) groups excluding carboxylic acids is 1. The molecule has 0 saturated carbocycles. The minimum Gasteiger partial charge on any atom is -0.393 e. The Labute approximate surface area is 121 Å². The summed E-state index contributed by atoms with van der Waals surface area (Å²) in [4.78, 5) is 12.0. The smallest absolute Gasteiger partial charge is 0.315 e. The molecule has 4 heteroatoms. The van der Waals surface area contributed by atoms with E-state index in [0.717, 1.165) is 5.56 Å². The number of rotatable bonds is 5. The Morgan fingerprint density at radius 1 is 1.25 bits per heavy atom. The fourth-order valence-electron chi connectivity index (χ4n) is 2.02. The summed E-state index contributed by atoms with van der Waals surface area (Å²) in [6, 6.07) is 9.69. The maximum absolute atomic E-state index is 12.0. The molecule has 4 nitrogen and oxygen atoms in total. The maximum atomic E-state index is 12.0. The van der Waals surface area contributed by atoms with Gasteiger partial charge in [-0.05, 0) is 24.3 Å². The zero-order valence-electron chi connectivity index (χ0n) is 12.8. The minimum absolute atomic E-state index is 0.0600. The van der Waals surface area contributed by atoms with E-state index in [4.69, 9.17) is 0 Å². The van der Waals surface area contributed by atoms with Crippen LogP contribution in [0.4, 0.5) is 4.79 Å². The lowest BCUT2D eigenvalue weighted by molar-refractivity contribution is 0.182. The molecular weight excluding hydrogens is 252 g/mol. The van der Waals surface area contributed by atoms with Gasteiger partial charge in [0.25, 0.3) is 0 Å². The lowest BCUT2D eigenvalue weighted by Crippen LogP contribution is -2.43. The van der Waals surface area contributed by atoms with Crippen LogP contribution in [0.1, 0.15) is 45.7 Å². The van der Waals surface area contributed by atoms with E-state index < -0.39 is 6.10 Å². The van der Waals surface area contributed by atoms with E-state index in [2.05, 4.69) is 31.4 Å². The summed E-state index contributed by atoms with van der Waals surface area (Å²) in [5.41, 5.74) is 1.01. The van der Waals surface area contributed by atoms with Crippen molar-refractivity contribution in [2.24, 2.45) is 5.41 Å². The largest absolute Gasteiger partial charge is 0.393 e. The van der Waals surface area contributed by atoms with Crippen molar-refractivity contribution in [2.45, 2.75) is 46.3 Å². The molecule has 0 aromatic heterocycles. The van der Waals surface area contributed by atoms with Gasteiger partial charge in [0.05, 0.1) is 12.1 Å². The Morgan fingerprint density at radius 2 is 1.85 bits per heavy atom. The van der Waals surface area contributed by atoms with E-state index in [1.54, 1.807) is 6.92 Å². The number of aliphatic hydroxyl groups excluding tert-OH is 1. The predicted molar refractivity (Wildman–Crippen MR) is 81.5 cm³/mol. The first-order chi connectivity index (χ1) is 9.30. The molecule has 0 fully saturated rings. The number of nitrogens with one attached hydrogen (secondary N) is 2. The quantitative estimate of drug-likeness (QED) is 0.775. The van der Waals surface area contributed by atoms with Gasteiger partial charge in [0, 0.05) is 6.54 Å². The molecule has 0 aliphatic carbocycles. The van der Waals surface area contributed by atoms with Crippen molar-refractivity contribution >= 4 is 6.03 Å². The summed E-state index contributed by atoms with van der Waals surface area (Å²) < 4.78 is 0. The second-order valence-electron chi connectivity index (χ2n) is 6.25. The minimum atomic E-state index is -0.400. The van der Waals surface area contributed by atoms with Crippen LogP contribution >= 0.6 is 0 Å². The average molecular weight is 278 g/mol. The molecule has 0 bridgehead atoms. The third-order valence-corrected chi connectivity index (χ3v) is 3.12. The number of aliphatic hydroxyl groups is 1. The van der Waals surface area contributed by atoms with Crippen LogP contribution in [0.3, 0.4) is 0 Å². The van der Waals surface area contributed by atoms with Crippen LogP contribution in [-0.2, 0) is 0 Å². The summed E-state index contributed by atoms with van der Waals surface area (Å²) in [6.45, 7) is 8.47. The van der Waals surface area contributed by atoms with Gasteiger partial charge in [0.1, 0.15) is 0 Å². The van der Waals surface area contributed by atoms with Crippen molar-refractivity contribution in [2.75, 3.05) is 6.54 Å². The summed E-state index contributed by atoms with van der Waals surface area (Å²) in [5, 5.41) is 15.0. The molecule has 112 valence electrons. The normalized spacial score (nSPS) is 14.4. The average Bonchev–Trinajstić information content (AvgIpc) is 2.35. The van der Waals surface area contributed by atoms with Crippen LogP contribution < -0.4 is 10.6 Å². The lowest BCUT2D eigenvalue weighted by atomic mass is 9.82. The predicted octanol–water partition coefficient (Wildman–Crippen LogP) is 2.84. The topological polar surface area (TPSA) is 61.4 Å². The van der Waals surface area contributed by atoms with E-state index in [1.165, 1.54) is 0 Å². The highest BCUT2D eigenvalue weighted by atomic mass is 16.3. The highest BCUT2D eigenvalue weighted by Crippen LogP contribution is 2.32. The van der Waals surface area contributed by atoms with Crippen molar-refractivity contribution in [1.29, 1.82) is 0 Å². The molecule has 0 heterocycles. The van der Waals surface area contributed by atoms with Crippen LogP contribution in [0, 0.1) is 5.41 Å². The summed E-state index contributed by atoms with van der Waals surface area (Å²) in [5.74, 6) is 0. The Kier molecular flexibility index (Phi) is 6.02. The second kappa shape index (κ2) is 7.29. The molecule has 3 N–H and O–H groups in total. The molecule has 1 aromatic rings. The van der Waals surface area contributed by atoms with E-state index >= 15 is 0 Å². The number of benzene rings is 1. The van der Waals surface area contributed by atoms with Crippen LogP contribution in [-0.4, -0.2) is 23.8 Å². The molecule has 20 heavy (non-hydrogen) atoms. The lowest BCUT2D eigenvalue weighted by Gasteiger charge is -2.32. The molecule has 1 rings (SSSR count). The standard InChI is InChI=1S/C16H26N2O2/c1-12(19)10-11-17-15(20)18-14(16(2,3)4)13-8-6-5-7-9-13/h5-9,12,14,19H,10-11H2,1-4H3,(H2,17,18,20). The second-order valence-corrected chi connectivity index (χ2v) is 6.25. The van der Waals surface area contributed by atoms with Gasteiger partial charge < -0.3 is 15.7 Å². The SMILES string of the molecule is CC(O)CCNC(=O)NC(c1ccccc1)C(C)(C)C. The van der Waals surface area contributed by atoms with E-state index in [-0.39, 0.29) is 17.5 Å². The molecule has 1 aromatic carbocycles. The number of hydrogen-bond donors (Lipinski definition) is 3. The Balaban J connectivity index is 2.65. The van der Waals surface area contributed by atoms with Gasteiger partial charge in [-0.15, -0.1) is 0 Å². The first kappa shape index (κ1) is 16.5. The van der Waals surface area contributed by atoms with Gasteiger partial charge in [0.2, 0.25) is 0 Å². The molecule has 0 aliphatic heterocycles. The Hall–Kier alpha value is -1.55. The molecular formula is C16H26N2O2. The highest BCUT2D eigenvalue weighted by molar-refractivity contribution is 5.74. The molecule has 0 saturated heterocycles. The van der Waals surface area contributed by atoms with Crippen molar-refractivity contribution in [3.8, 4) is 0 Å². The number of hydrogen-bond acceptors (Lipinski definition) is 2. The van der Waals surface area contributed by atoms with Gasteiger partial charge in [-0.1, -0.05) is 51.1 Å². The molecule has 2 unspecified atom stereocenters.